The zero-order valence-corrected chi connectivity index (χ0v) is 9.91. The van der Waals surface area contributed by atoms with Crippen molar-refractivity contribution in [3.05, 3.63) is 0 Å². The van der Waals surface area contributed by atoms with Gasteiger partial charge in [-0.15, -0.1) is 0 Å². The molecule has 2 fully saturated rings. The zero-order valence-electron chi connectivity index (χ0n) is 9.91. The highest BCUT2D eigenvalue weighted by Gasteiger charge is 2.31. The highest BCUT2D eigenvalue weighted by molar-refractivity contribution is 5.82. The number of rotatable bonds is 3. The predicted molar refractivity (Wildman–Crippen MR) is 60.9 cm³/mol. The average molecular weight is 210 g/mol. The van der Waals surface area contributed by atoms with Crippen LogP contribution in [0.2, 0.25) is 0 Å². The summed E-state index contributed by atoms with van der Waals surface area (Å²) in [6.45, 7) is 9.28. The van der Waals surface area contributed by atoms with Gasteiger partial charge in [0, 0.05) is 31.6 Å². The average Bonchev–Trinajstić information content (AvgIpc) is 2.64. The maximum Gasteiger partial charge on any atom is 0.149 e. The smallest absolute Gasteiger partial charge is 0.149 e. The molecule has 2 aliphatic heterocycles. The van der Waals surface area contributed by atoms with Gasteiger partial charge in [0.15, 0.2) is 0 Å². The number of nitrogens with zero attached hydrogens (tertiary/aromatic N) is 2. The molecule has 0 radical (unpaired) electrons. The molecule has 3 heteroatoms. The minimum Gasteiger partial charge on any atom is -0.298 e. The van der Waals surface area contributed by atoms with Crippen molar-refractivity contribution in [3.63, 3.8) is 0 Å². The second kappa shape index (κ2) is 4.62. The highest BCUT2D eigenvalue weighted by Crippen LogP contribution is 2.21. The van der Waals surface area contributed by atoms with Gasteiger partial charge in [0.25, 0.3) is 0 Å². The Morgan fingerprint density at radius 1 is 1.33 bits per heavy atom. The van der Waals surface area contributed by atoms with Crippen LogP contribution in [0.25, 0.3) is 0 Å². The van der Waals surface area contributed by atoms with Crippen LogP contribution >= 0.6 is 0 Å². The van der Waals surface area contributed by atoms with Crippen molar-refractivity contribution in [3.8, 4) is 0 Å². The third-order valence-corrected chi connectivity index (χ3v) is 3.69. The van der Waals surface area contributed by atoms with Crippen molar-refractivity contribution in [2.45, 2.75) is 32.7 Å². The Morgan fingerprint density at radius 3 is 2.87 bits per heavy atom. The first-order chi connectivity index (χ1) is 7.16. The summed E-state index contributed by atoms with van der Waals surface area (Å²) in [5.74, 6) is 0.577. The number of carbonyl (C=O) groups excluding carboxylic acids is 1. The van der Waals surface area contributed by atoms with Gasteiger partial charge in [0.2, 0.25) is 0 Å². The molecule has 1 unspecified atom stereocenters. The number of Topliss-reactive ketones (excluding diaryl/α,β-unsaturated/α-hetero) is 1. The summed E-state index contributed by atoms with van der Waals surface area (Å²) in [4.78, 5) is 16.6. The summed E-state index contributed by atoms with van der Waals surface area (Å²) < 4.78 is 0. The molecule has 0 amide bonds. The molecule has 2 heterocycles. The van der Waals surface area contributed by atoms with E-state index in [-0.39, 0.29) is 5.92 Å². The first-order valence-electron chi connectivity index (χ1n) is 6.16. The molecule has 0 aromatic rings. The zero-order chi connectivity index (χ0) is 10.8. The maximum absolute atomic E-state index is 11.6. The molecule has 3 nitrogen and oxygen atoms in total. The molecule has 0 bridgehead atoms. The SMILES string of the molecule is CC(C)C(=O)CN1CCN2CCCC2C1. The van der Waals surface area contributed by atoms with Crippen molar-refractivity contribution < 1.29 is 4.79 Å². The van der Waals surface area contributed by atoms with Crippen LogP contribution in [-0.4, -0.2) is 54.3 Å². The van der Waals surface area contributed by atoms with Crippen LogP contribution in [0.4, 0.5) is 0 Å². The van der Waals surface area contributed by atoms with Gasteiger partial charge < -0.3 is 0 Å². The van der Waals surface area contributed by atoms with E-state index in [1.807, 2.05) is 13.8 Å². The van der Waals surface area contributed by atoms with Gasteiger partial charge in [-0.05, 0) is 19.4 Å². The molecule has 0 aromatic carbocycles. The molecule has 0 spiro atoms. The third kappa shape index (κ3) is 2.58. The van der Waals surface area contributed by atoms with E-state index in [1.165, 1.54) is 19.4 Å². The van der Waals surface area contributed by atoms with E-state index < -0.39 is 0 Å². The Labute approximate surface area is 92.4 Å². The summed E-state index contributed by atoms with van der Waals surface area (Å²) in [6, 6.07) is 0.735. The lowest BCUT2D eigenvalue weighted by Crippen LogP contribution is -2.51. The summed E-state index contributed by atoms with van der Waals surface area (Å²) in [7, 11) is 0. The van der Waals surface area contributed by atoms with Crippen molar-refractivity contribution in [1.82, 2.24) is 9.80 Å². The van der Waals surface area contributed by atoms with Gasteiger partial charge in [0.05, 0.1) is 6.54 Å². The van der Waals surface area contributed by atoms with Crippen LogP contribution in [0.1, 0.15) is 26.7 Å². The molecule has 2 aliphatic rings. The van der Waals surface area contributed by atoms with Gasteiger partial charge in [-0.25, -0.2) is 0 Å². The van der Waals surface area contributed by atoms with E-state index in [2.05, 4.69) is 9.80 Å². The summed E-state index contributed by atoms with van der Waals surface area (Å²) in [6.07, 6.45) is 2.67. The molecule has 1 atom stereocenters. The van der Waals surface area contributed by atoms with E-state index in [0.717, 1.165) is 25.7 Å². The minimum absolute atomic E-state index is 0.187. The summed E-state index contributed by atoms with van der Waals surface area (Å²) >= 11 is 0. The molecule has 0 N–H and O–H groups in total. The quantitative estimate of drug-likeness (QED) is 0.694. The van der Waals surface area contributed by atoms with E-state index in [4.69, 9.17) is 0 Å². The number of carbonyl (C=O) groups is 1. The standard InChI is InChI=1S/C12H22N2O/c1-10(2)12(15)9-13-6-7-14-5-3-4-11(14)8-13/h10-11H,3-9H2,1-2H3. The third-order valence-electron chi connectivity index (χ3n) is 3.69. The lowest BCUT2D eigenvalue weighted by molar-refractivity contribution is -0.123. The molecule has 2 rings (SSSR count). The highest BCUT2D eigenvalue weighted by atomic mass is 16.1. The van der Waals surface area contributed by atoms with Crippen LogP contribution in [-0.2, 0) is 4.79 Å². The Kier molecular flexibility index (Phi) is 3.42. The second-order valence-corrected chi connectivity index (χ2v) is 5.19. The lowest BCUT2D eigenvalue weighted by Gasteiger charge is -2.37. The Balaban J connectivity index is 1.82. The largest absolute Gasteiger partial charge is 0.298 e. The van der Waals surface area contributed by atoms with E-state index in [1.54, 1.807) is 0 Å². The fraction of sp³-hybridized carbons (Fsp3) is 0.917. The summed E-state index contributed by atoms with van der Waals surface area (Å²) in [5.41, 5.74) is 0. The van der Waals surface area contributed by atoms with Crippen LogP contribution < -0.4 is 0 Å². The number of piperazine rings is 1. The molecule has 0 aromatic heterocycles. The molecule has 15 heavy (non-hydrogen) atoms. The molecule has 2 saturated heterocycles. The first kappa shape index (κ1) is 11.1. The molecular formula is C12H22N2O. The Morgan fingerprint density at radius 2 is 2.13 bits per heavy atom. The fourth-order valence-electron chi connectivity index (χ4n) is 2.60. The number of fused-ring (bicyclic) bond motifs is 1. The van der Waals surface area contributed by atoms with Crippen LogP contribution in [0.3, 0.4) is 0 Å². The van der Waals surface area contributed by atoms with Crippen molar-refractivity contribution >= 4 is 5.78 Å². The number of ketones is 1. The molecule has 0 aliphatic carbocycles. The van der Waals surface area contributed by atoms with Crippen LogP contribution in [0.5, 0.6) is 0 Å². The first-order valence-corrected chi connectivity index (χ1v) is 6.16. The number of hydrogen-bond donors (Lipinski definition) is 0. The molecule has 86 valence electrons. The van der Waals surface area contributed by atoms with Gasteiger partial charge in [-0.3, -0.25) is 14.6 Å². The lowest BCUT2D eigenvalue weighted by atomic mass is 10.1. The second-order valence-electron chi connectivity index (χ2n) is 5.19. The Hall–Kier alpha value is -0.410. The monoisotopic (exact) mass is 210 g/mol. The van der Waals surface area contributed by atoms with Crippen LogP contribution in [0.15, 0.2) is 0 Å². The van der Waals surface area contributed by atoms with Gasteiger partial charge in [0.1, 0.15) is 5.78 Å². The molecule has 0 saturated carbocycles. The fourth-order valence-corrected chi connectivity index (χ4v) is 2.60. The van der Waals surface area contributed by atoms with Crippen LogP contribution in [0, 0.1) is 5.92 Å². The van der Waals surface area contributed by atoms with Gasteiger partial charge in [-0.1, -0.05) is 13.8 Å². The van der Waals surface area contributed by atoms with E-state index >= 15 is 0 Å². The van der Waals surface area contributed by atoms with Gasteiger partial charge >= 0.3 is 0 Å². The topological polar surface area (TPSA) is 23.6 Å². The van der Waals surface area contributed by atoms with Gasteiger partial charge in [-0.2, -0.15) is 0 Å². The summed E-state index contributed by atoms with van der Waals surface area (Å²) in [5, 5.41) is 0. The predicted octanol–water partition coefficient (Wildman–Crippen LogP) is 0.992. The van der Waals surface area contributed by atoms with E-state index in [9.17, 15) is 4.79 Å². The normalized spacial score (nSPS) is 28.3. The Bertz CT molecular complexity index is 240. The number of hydrogen-bond acceptors (Lipinski definition) is 3. The maximum atomic E-state index is 11.6. The van der Waals surface area contributed by atoms with Crippen molar-refractivity contribution in [2.75, 3.05) is 32.7 Å². The van der Waals surface area contributed by atoms with Crippen molar-refractivity contribution in [2.24, 2.45) is 5.92 Å². The minimum atomic E-state index is 0.187. The van der Waals surface area contributed by atoms with E-state index in [0.29, 0.717) is 12.3 Å². The van der Waals surface area contributed by atoms with Crippen molar-refractivity contribution in [1.29, 1.82) is 0 Å². The molecular weight excluding hydrogens is 188 g/mol.